The Morgan fingerprint density at radius 2 is 1.64 bits per heavy atom. The molecule has 0 bridgehead atoms. The molecule has 0 N–H and O–H groups in total. The quantitative estimate of drug-likeness (QED) is 0.579. The van der Waals surface area contributed by atoms with Crippen molar-refractivity contribution in [2.75, 3.05) is 0 Å². The summed E-state index contributed by atoms with van der Waals surface area (Å²) in [7, 11) is 0. The maximum atomic E-state index is 2.36. The fourth-order valence-electron chi connectivity index (χ4n) is 2.35. The van der Waals surface area contributed by atoms with Crippen molar-refractivity contribution >= 4 is 0 Å². The van der Waals surface area contributed by atoms with Crippen molar-refractivity contribution in [2.45, 2.75) is 53.4 Å². The average Bonchev–Trinajstić information content (AvgIpc) is 1.87. The van der Waals surface area contributed by atoms with Gasteiger partial charge in [0, 0.05) is 0 Å². The Morgan fingerprint density at radius 3 is 1.91 bits per heavy atom. The third-order valence-electron chi connectivity index (χ3n) is 3.83. The van der Waals surface area contributed by atoms with Crippen molar-refractivity contribution in [3.05, 3.63) is 0 Å². The first-order chi connectivity index (χ1) is 5.13. The summed E-state index contributed by atoms with van der Waals surface area (Å²) in [5, 5.41) is 0. The minimum absolute atomic E-state index is 0.759. The lowest BCUT2D eigenvalue weighted by atomic mass is 9.56. The minimum atomic E-state index is 0.759. The van der Waals surface area contributed by atoms with Gasteiger partial charge in [0.2, 0.25) is 0 Å². The van der Waals surface area contributed by atoms with Crippen LogP contribution in [0.3, 0.4) is 0 Å². The standard InChI is InChI=1S/C11H22/c1-5-11(6-2)7-10(8-11)9(3)4/h9-10H,5-8H2,1-4H3. The second-order valence-electron chi connectivity index (χ2n) is 4.62. The van der Waals surface area contributed by atoms with Crippen molar-refractivity contribution in [3.8, 4) is 0 Å². The van der Waals surface area contributed by atoms with Gasteiger partial charge >= 0.3 is 0 Å². The molecule has 0 amide bonds. The molecule has 0 atom stereocenters. The van der Waals surface area contributed by atoms with E-state index in [0.29, 0.717) is 0 Å². The molecule has 1 rings (SSSR count). The van der Waals surface area contributed by atoms with Gasteiger partial charge in [-0.1, -0.05) is 40.5 Å². The first kappa shape index (κ1) is 9.09. The molecule has 1 aliphatic carbocycles. The largest absolute Gasteiger partial charge is 0.0649 e. The van der Waals surface area contributed by atoms with Crippen LogP contribution in [0.4, 0.5) is 0 Å². The Balaban J connectivity index is 2.35. The molecule has 0 aromatic carbocycles. The Bertz CT molecular complexity index is 112. The van der Waals surface area contributed by atoms with Crippen LogP contribution >= 0.6 is 0 Å². The van der Waals surface area contributed by atoms with Crippen LogP contribution in [0.1, 0.15) is 53.4 Å². The van der Waals surface area contributed by atoms with Gasteiger partial charge in [0.05, 0.1) is 0 Å². The molecule has 1 fully saturated rings. The zero-order valence-corrected chi connectivity index (χ0v) is 8.48. The summed E-state index contributed by atoms with van der Waals surface area (Å²) in [4.78, 5) is 0. The summed E-state index contributed by atoms with van der Waals surface area (Å²) in [6.07, 6.45) is 5.79. The van der Waals surface area contributed by atoms with Crippen LogP contribution in [0.15, 0.2) is 0 Å². The van der Waals surface area contributed by atoms with E-state index in [2.05, 4.69) is 27.7 Å². The van der Waals surface area contributed by atoms with Gasteiger partial charge < -0.3 is 0 Å². The van der Waals surface area contributed by atoms with Gasteiger partial charge in [-0.05, 0) is 30.1 Å². The molecule has 0 unspecified atom stereocenters. The van der Waals surface area contributed by atoms with Crippen molar-refractivity contribution in [2.24, 2.45) is 17.3 Å². The normalized spacial score (nSPS) is 23.7. The van der Waals surface area contributed by atoms with E-state index in [9.17, 15) is 0 Å². The summed E-state index contributed by atoms with van der Waals surface area (Å²) >= 11 is 0. The molecular formula is C11H22. The van der Waals surface area contributed by atoms with Crippen LogP contribution in [0.5, 0.6) is 0 Å². The summed E-state index contributed by atoms with van der Waals surface area (Å²) in [5.74, 6) is 1.95. The Morgan fingerprint density at radius 1 is 1.18 bits per heavy atom. The Kier molecular flexibility index (Phi) is 2.61. The van der Waals surface area contributed by atoms with Gasteiger partial charge in [-0.2, -0.15) is 0 Å². The summed E-state index contributed by atoms with van der Waals surface area (Å²) in [5.41, 5.74) is 0.759. The zero-order chi connectivity index (χ0) is 8.48. The maximum Gasteiger partial charge on any atom is -0.0297 e. The van der Waals surface area contributed by atoms with E-state index in [1.54, 1.807) is 0 Å². The van der Waals surface area contributed by atoms with Crippen molar-refractivity contribution in [1.82, 2.24) is 0 Å². The third-order valence-corrected chi connectivity index (χ3v) is 3.83. The van der Waals surface area contributed by atoms with Gasteiger partial charge in [0.25, 0.3) is 0 Å². The van der Waals surface area contributed by atoms with Gasteiger partial charge in [-0.15, -0.1) is 0 Å². The fourth-order valence-corrected chi connectivity index (χ4v) is 2.35. The molecule has 0 aromatic heterocycles. The molecule has 0 saturated heterocycles. The number of rotatable bonds is 3. The van der Waals surface area contributed by atoms with Gasteiger partial charge in [0.1, 0.15) is 0 Å². The van der Waals surface area contributed by atoms with Gasteiger partial charge in [-0.25, -0.2) is 0 Å². The van der Waals surface area contributed by atoms with Crippen LogP contribution in [-0.2, 0) is 0 Å². The highest BCUT2D eigenvalue weighted by atomic mass is 14.5. The van der Waals surface area contributed by atoms with Crippen LogP contribution < -0.4 is 0 Å². The van der Waals surface area contributed by atoms with E-state index in [1.807, 2.05) is 0 Å². The molecule has 66 valence electrons. The topological polar surface area (TPSA) is 0 Å². The highest BCUT2D eigenvalue weighted by Crippen LogP contribution is 2.53. The zero-order valence-electron chi connectivity index (χ0n) is 8.48. The SMILES string of the molecule is CCC1(CC)CC(C(C)C)C1. The van der Waals surface area contributed by atoms with Gasteiger partial charge in [0.15, 0.2) is 0 Å². The van der Waals surface area contributed by atoms with Crippen molar-refractivity contribution in [1.29, 1.82) is 0 Å². The van der Waals surface area contributed by atoms with E-state index >= 15 is 0 Å². The molecule has 0 heteroatoms. The minimum Gasteiger partial charge on any atom is -0.0649 e. The molecule has 0 heterocycles. The second kappa shape index (κ2) is 3.16. The summed E-state index contributed by atoms with van der Waals surface area (Å²) < 4.78 is 0. The molecular weight excluding hydrogens is 132 g/mol. The van der Waals surface area contributed by atoms with E-state index in [4.69, 9.17) is 0 Å². The van der Waals surface area contributed by atoms with Gasteiger partial charge in [-0.3, -0.25) is 0 Å². The molecule has 0 aromatic rings. The summed E-state index contributed by atoms with van der Waals surface area (Å²) in [6, 6.07) is 0. The van der Waals surface area contributed by atoms with Crippen LogP contribution in [-0.4, -0.2) is 0 Å². The monoisotopic (exact) mass is 154 g/mol. The molecule has 0 radical (unpaired) electrons. The first-order valence-corrected chi connectivity index (χ1v) is 5.13. The molecule has 0 nitrogen and oxygen atoms in total. The van der Waals surface area contributed by atoms with Crippen molar-refractivity contribution < 1.29 is 0 Å². The fraction of sp³-hybridized carbons (Fsp3) is 1.00. The third kappa shape index (κ3) is 1.60. The highest BCUT2D eigenvalue weighted by molar-refractivity contribution is 4.92. The molecule has 0 spiro atoms. The number of hydrogen-bond acceptors (Lipinski definition) is 0. The second-order valence-corrected chi connectivity index (χ2v) is 4.62. The number of hydrogen-bond donors (Lipinski definition) is 0. The lowest BCUT2D eigenvalue weighted by Gasteiger charge is -2.49. The van der Waals surface area contributed by atoms with E-state index < -0.39 is 0 Å². The predicted octanol–water partition coefficient (Wildman–Crippen LogP) is 3.86. The van der Waals surface area contributed by atoms with Crippen LogP contribution in [0, 0.1) is 17.3 Å². The molecule has 0 aliphatic heterocycles. The van der Waals surface area contributed by atoms with E-state index in [1.165, 1.54) is 25.7 Å². The molecule has 11 heavy (non-hydrogen) atoms. The van der Waals surface area contributed by atoms with Crippen LogP contribution in [0.2, 0.25) is 0 Å². The molecule has 1 aliphatic rings. The van der Waals surface area contributed by atoms with Crippen LogP contribution in [0.25, 0.3) is 0 Å². The predicted molar refractivity (Wildman–Crippen MR) is 50.6 cm³/mol. The van der Waals surface area contributed by atoms with Crippen molar-refractivity contribution in [3.63, 3.8) is 0 Å². The lowest BCUT2D eigenvalue weighted by Crippen LogP contribution is -2.38. The smallest absolute Gasteiger partial charge is 0.0297 e. The lowest BCUT2D eigenvalue weighted by molar-refractivity contribution is 0.0181. The maximum absolute atomic E-state index is 2.36. The Hall–Kier alpha value is 0. The highest BCUT2D eigenvalue weighted by Gasteiger charge is 2.41. The average molecular weight is 154 g/mol. The summed E-state index contributed by atoms with van der Waals surface area (Å²) in [6.45, 7) is 9.42. The first-order valence-electron chi connectivity index (χ1n) is 5.13. The van der Waals surface area contributed by atoms with E-state index in [0.717, 1.165) is 17.3 Å². The molecule has 1 saturated carbocycles. The Labute approximate surface area is 71.4 Å². The van der Waals surface area contributed by atoms with E-state index in [-0.39, 0.29) is 0 Å².